The molecule has 2 aliphatic heterocycles. The molecule has 2 aromatic heterocycles. The summed E-state index contributed by atoms with van der Waals surface area (Å²) in [6, 6.07) is 7.80. The number of aryl methyl sites for hydroxylation is 1. The van der Waals surface area contributed by atoms with E-state index in [2.05, 4.69) is 30.3 Å². The molecule has 0 saturated carbocycles. The first-order valence-corrected chi connectivity index (χ1v) is 11.2. The number of hydrogen-bond acceptors (Lipinski definition) is 7. The number of nitrogens with zero attached hydrogens (tertiary/aromatic N) is 4. The molecule has 0 unspecified atom stereocenters. The second kappa shape index (κ2) is 8.08. The van der Waals surface area contributed by atoms with Crippen molar-refractivity contribution in [2.45, 2.75) is 31.8 Å². The highest BCUT2D eigenvalue weighted by molar-refractivity contribution is 7.14. The van der Waals surface area contributed by atoms with Crippen LogP contribution in [0.5, 0.6) is 0 Å². The Bertz CT molecular complexity index is 1040. The molecule has 8 nitrogen and oxygen atoms in total. The van der Waals surface area contributed by atoms with Crippen LogP contribution in [0, 0.1) is 0 Å². The predicted octanol–water partition coefficient (Wildman–Crippen LogP) is 3.16. The zero-order chi connectivity index (χ0) is 20.5. The van der Waals surface area contributed by atoms with Crippen molar-refractivity contribution >= 4 is 39.4 Å². The van der Waals surface area contributed by atoms with Gasteiger partial charge in [0.2, 0.25) is 0 Å². The lowest BCUT2D eigenvalue weighted by Gasteiger charge is -2.32. The third kappa shape index (κ3) is 3.66. The van der Waals surface area contributed by atoms with Gasteiger partial charge in [0.1, 0.15) is 5.69 Å². The Morgan fingerprint density at radius 3 is 2.90 bits per heavy atom. The highest BCUT2D eigenvalue weighted by atomic mass is 32.1. The maximum atomic E-state index is 12.9. The van der Waals surface area contributed by atoms with Gasteiger partial charge in [0, 0.05) is 25.0 Å². The zero-order valence-electron chi connectivity index (χ0n) is 16.5. The van der Waals surface area contributed by atoms with Crippen LogP contribution in [0.3, 0.4) is 0 Å². The number of aliphatic hydroxyl groups is 1. The van der Waals surface area contributed by atoms with Crippen molar-refractivity contribution in [2.24, 2.45) is 0 Å². The number of rotatable bonds is 4. The van der Waals surface area contributed by atoms with Crippen LogP contribution in [0.25, 0.3) is 0 Å². The summed E-state index contributed by atoms with van der Waals surface area (Å²) in [6.45, 7) is 2.42. The van der Waals surface area contributed by atoms with Gasteiger partial charge in [0.25, 0.3) is 5.91 Å². The number of aliphatic hydroxyl groups excluding tert-OH is 1. The summed E-state index contributed by atoms with van der Waals surface area (Å²) in [7, 11) is 0. The molecule has 4 heterocycles. The summed E-state index contributed by atoms with van der Waals surface area (Å²) >= 11 is 1.47. The van der Waals surface area contributed by atoms with Crippen LogP contribution in [0.1, 0.15) is 35.4 Å². The monoisotopic (exact) mass is 424 g/mol. The van der Waals surface area contributed by atoms with E-state index in [1.807, 2.05) is 30.5 Å². The number of piperidine rings is 1. The number of nitrogens with one attached hydrogen (secondary N) is 2. The van der Waals surface area contributed by atoms with Crippen LogP contribution in [0.15, 0.2) is 35.8 Å². The van der Waals surface area contributed by atoms with E-state index in [4.69, 9.17) is 0 Å². The van der Waals surface area contributed by atoms with E-state index in [1.165, 1.54) is 11.3 Å². The van der Waals surface area contributed by atoms with Crippen molar-refractivity contribution < 1.29 is 9.90 Å². The van der Waals surface area contributed by atoms with Gasteiger partial charge in [-0.1, -0.05) is 12.1 Å². The van der Waals surface area contributed by atoms with Gasteiger partial charge >= 0.3 is 0 Å². The number of H-pyrrole nitrogens is 1. The van der Waals surface area contributed by atoms with E-state index in [0.717, 1.165) is 73.2 Å². The molecule has 1 saturated heterocycles. The van der Waals surface area contributed by atoms with Crippen LogP contribution in [-0.2, 0) is 6.42 Å². The number of hydrogen-bond donors (Lipinski definition) is 3. The Labute approximate surface area is 178 Å². The molecule has 1 fully saturated rings. The van der Waals surface area contributed by atoms with E-state index < -0.39 is 0 Å². The molecule has 3 N–H and O–H groups in total. The summed E-state index contributed by atoms with van der Waals surface area (Å²) in [5, 5.41) is 22.6. The molecule has 156 valence electrons. The number of para-hydroxylation sites is 2. The lowest BCUT2D eigenvalue weighted by Crippen LogP contribution is -2.36. The van der Waals surface area contributed by atoms with Crippen LogP contribution in [0.2, 0.25) is 0 Å². The van der Waals surface area contributed by atoms with Crippen molar-refractivity contribution in [1.29, 1.82) is 0 Å². The summed E-state index contributed by atoms with van der Waals surface area (Å²) in [5.74, 6) is -0.216. The molecule has 0 spiro atoms. The zero-order valence-corrected chi connectivity index (χ0v) is 17.4. The van der Waals surface area contributed by atoms with Crippen molar-refractivity contribution in [3.63, 3.8) is 0 Å². The standard InChI is InChI=1S/C21H24N6O2S/c28-14-7-10-26(11-8-14)18-6-2-1-4-15(18)23-20(29)17-13-30-21(24-17)27-9-3-5-16-19(27)12-22-25-16/h1-2,4,6,12-14,28H,3,5,7-11H2,(H,22,25)(H,23,29). The van der Waals surface area contributed by atoms with Gasteiger partial charge in [0.15, 0.2) is 5.13 Å². The van der Waals surface area contributed by atoms with Gasteiger partial charge in [-0.25, -0.2) is 4.98 Å². The second-order valence-electron chi connectivity index (χ2n) is 7.69. The van der Waals surface area contributed by atoms with Crippen LogP contribution in [-0.4, -0.2) is 51.9 Å². The van der Waals surface area contributed by atoms with Crippen LogP contribution < -0.4 is 15.1 Å². The summed E-state index contributed by atoms with van der Waals surface area (Å²) < 4.78 is 0. The SMILES string of the molecule is O=C(Nc1ccccc1N1CCC(O)CC1)c1csc(N2CCCc3[nH]ncc32)n1. The molecule has 0 aliphatic carbocycles. The highest BCUT2D eigenvalue weighted by Gasteiger charge is 2.24. The first-order chi connectivity index (χ1) is 14.7. The van der Waals surface area contributed by atoms with Gasteiger partial charge in [0.05, 0.1) is 35.1 Å². The van der Waals surface area contributed by atoms with Crippen molar-refractivity contribution in [2.75, 3.05) is 34.8 Å². The largest absolute Gasteiger partial charge is 0.393 e. The number of carbonyl (C=O) groups excluding carboxylic acids is 1. The molecule has 9 heteroatoms. The molecule has 30 heavy (non-hydrogen) atoms. The first-order valence-electron chi connectivity index (χ1n) is 10.3. The van der Waals surface area contributed by atoms with E-state index in [1.54, 1.807) is 5.38 Å². The number of amides is 1. The Hall–Kier alpha value is -2.91. The molecular formula is C21H24N6O2S. The van der Waals surface area contributed by atoms with Gasteiger partial charge in [-0.2, -0.15) is 5.10 Å². The molecule has 0 radical (unpaired) electrons. The smallest absolute Gasteiger partial charge is 0.275 e. The third-order valence-corrected chi connectivity index (χ3v) is 6.57. The molecule has 0 bridgehead atoms. The minimum Gasteiger partial charge on any atom is -0.393 e. The van der Waals surface area contributed by atoms with Crippen molar-refractivity contribution in [3.8, 4) is 0 Å². The highest BCUT2D eigenvalue weighted by Crippen LogP contribution is 2.34. The molecule has 5 rings (SSSR count). The Morgan fingerprint density at radius 2 is 2.03 bits per heavy atom. The number of aromatic amines is 1. The number of anilines is 4. The molecule has 2 aliphatic rings. The van der Waals surface area contributed by atoms with E-state index in [0.29, 0.717) is 5.69 Å². The predicted molar refractivity (Wildman–Crippen MR) is 118 cm³/mol. The van der Waals surface area contributed by atoms with E-state index >= 15 is 0 Å². The Morgan fingerprint density at radius 1 is 1.20 bits per heavy atom. The average molecular weight is 425 g/mol. The first kappa shape index (κ1) is 19.1. The lowest BCUT2D eigenvalue weighted by atomic mass is 10.1. The number of carbonyl (C=O) groups is 1. The molecule has 1 amide bonds. The van der Waals surface area contributed by atoms with Crippen LogP contribution in [0.4, 0.5) is 22.2 Å². The maximum absolute atomic E-state index is 12.9. The Balaban J connectivity index is 1.33. The molecule has 1 aromatic carbocycles. The lowest BCUT2D eigenvalue weighted by molar-refractivity contribution is 0.102. The summed E-state index contributed by atoms with van der Waals surface area (Å²) in [6.07, 6.45) is 5.07. The Kier molecular flexibility index (Phi) is 5.14. The van der Waals surface area contributed by atoms with Gasteiger partial charge in [-0.3, -0.25) is 9.89 Å². The average Bonchev–Trinajstić information content (AvgIpc) is 3.44. The topological polar surface area (TPSA) is 97.4 Å². The fraction of sp³-hybridized carbons (Fsp3) is 0.381. The van der Waals surface area contributed by atoms with E-state index in [9.17, 15) is 9.90 Å². The minimum absolute atomic E-state index is 0.216. The molecule has 0 atom stereocenters. The number of thiazole rings is 1. The number of aromatic nitrogens is 3. The van der Waals surface area contributed by atoms with E-state index in [-0.39, 0.29) is 12.0 Å². The fourth-order valence-electron chi connectivity index (χ4n) is 4.10. The number of benzene rings is 1. The molecule has 3 aromatic rings. The van der Waals surface area contributed by atoms with Gasteiger partial charge in [-0.05, 0) is 37.8 Å². The van der Waals surface area contributed by atoms with Gasteiger partial charge < -0.3 is 20.2 Å². The molecular weight excluding hydrogens is 400 g/mol. The fourth-order valence-corrected chi connectivity index (χ4v) is 4.94. The van der Waals surface area contributed by atoms with Crippen molar-refractivity contribution in [1.82, 2.24) is 15.2 Å². The van der Waals surface area contributed by atoms with Crippen molar-refractivity contribution in [3.05, 3.63) is 47.2 Å². The van der Waals surface area contributed by atoms with Crippen LogP contribution >= 0.6 is 11.3 Å². The number of fused-ring (bicyclic) bond motifs is 1. The quantitative estimate of drug-likeness (QED) is 0.595. The maximum Gasteiger partial charge on any atom is 0.275 e. The minimum atomic E-state index is -0.234. The second-order valence-corrected chi connectivity index (χ2v) is 8.53. The third-order valence-electron chi connectivity index (χ3n) is 5.71. The summed E-state index contributed by atoms with van der Waals surface area (Å²) in [4.78, 5) is 21.9. The van der Waals surface area contributed by atoms with Gasteiger partial charge in [-0.15, -0.1) is 11.3 Å². The summed E-state index contributed by atoms with van der Waals surface area (Å²) in [5.41, 5.74) is 4.31. The normalized spacial score (nSPS) is 17.1.